The lowest BCUT2D eigenvalue weighted by Gasteiger charge is -2.25. The van der Waals surface area contributed by atoms with Crippen LogP contribution in [-0.4, -0.2) is 19.9 Å². The fraction of sp³-hybridized carbons (Fsp3) is 0.462. The zero-order valence-corrected chi connectivity index (χ0v) is 14.7. The number of halogens is 2. The van der Waals surface area contributed by atoms with Crippen LogP contribution in [0.2, 0.25) is 0 Å². The van der Waals surface area contributed by atoms with Crippen LogP contribution in [0.3, 0.4) is 0 Å². The second-order valence-corrected chi connectivity index (χ2v) is 8.56. The quantitative estimate of drug-likeness (QED) is 0.790. The third kappa shape index (κ3) is 4.75. The highest BCUT2D eigenvalue weighted by Gasteiger charge is 2.22. The Hall–Kier alpha value is -0.590. The van der Waals surface area contributed by atoms with E-state index in [4.69, 9.17) is 10.7 Å². The van der Waals surface area contributed by atoms with E-state index in [1.807, 2.05) is 20.8 Å². The molecule has 1 aromatic carbocycles. The van der Waals surface area contributed by atoms with Gasteiger partial charge in [0.15, 0.2) is 0 Å². The second-order valence-electron chi connectivity index (χ2n) is 5.17. The maximum atomic E-state index is 12.2. The van der Waals surface area contributed by atoms with Crippen molar-refractivity contribution in [2.75, 3.05) is 0 Å². The van der Waals surface area contributed by atoms with Gasteiger partial charge in [-0.25, -0.2) is 8.42 Å². The number of benzene rings is 1. The SMILES string of the molecule is CCCC(C)(C)NC(=O)c1ccc(Br)c(S(=O)(=O)Cl)c1. The highest BCUT2D eigenvalue weighted by Crippen LogP contribution is 2.26. The number of hydrogen-bond donors (Lipinski definition) is 1. The first-order chi connectivity index (χ1) is 9.07. The monoisotopic (exact) mass is 381 g/mol. The second kappa shape index (κ2) is 6.45. The third-order valence-electron chi connectivity index (χ3n) is 2.78. The lowest BCUT2D eigenvalue weighted by atomic mass is 9.98. The fourth-order valence-corrected chi connectivity index (χ4v) is 4.02. The molecule has 0 aliphatic rings. The molecule has 1 amide bonds. The van der Waals surface area contributed by atoms with Crippen LogP contribution in [0.1, 0.15) is 44.0 Å². The van der Waals surface area contributed by atoms with Gasteiger partial charge in [0.25, 0.3) is 15.0 Å². The Morgan fingerprint density at radius 1 is 1.40 bits per heavy atom. The topological polar surface area (TPSA) is 63.2 Å². The number of nitrogens with one attached hydrogen (secondary N) is 1. The standard InChI is InChI=1S/C13H17BrClNO3S/c1-4-7-13(2,3)16-12(17)9-5-6-10(14)11(8-9)20(15,18)19/h5-6,8H,4,7H2,1-3H3,(H,16,17). The molecule has 1 N–H and O–H groups in total. The predicted octanol–water partition coefficient (Wildman–Crippen LogP) is 3.69. The summed E-state index contributed by atoms with van der Waals surface area (Å²) in [5.41, 5.74) is -0.0876. The molecule has 0 fully saturated rings. The van der Waals surface area contributed by atoms with Crippen molar-refractivity contribution in [2.24, 2.45) is 0 Å². The summed E-state index contributed by atoms with van der Waals surface area (Å²) in [5.74, 6) is -0.322. The molecule has 0 radical (unpaired) electrons. The van der Waals surface area contributed by atoms with Crippen LogP contribution in [0, 0.1) is 0 Å². The van der Waals surface area contributed by atoms with Gasteiger partial charge in [-0.05, 0) is 54.4 Å². The molecule has 20 heavy (non-hydrogen) atoms. The van der Waals surface area contributed by atoms with Crippen molar-refractivity contribution in [2.45, 2.75) is 44.0 Å². The molecule has 0 heterocycles. The molecule has 0 atom stereocenters. The molecule has 0 bridgehead atoms. The molecular formula is C13H17BrClNO3S. The number of amides is 1. The van der Waals surface area contributed by atoms with E-state index in [-0.39, 0.29) is 21.9 Å². The van der Waals surface area contributed by atoms with Gasteiger partial charge in [0.1, 0.15) is 0 Å². The number of carbonyl (C=O) groups excluding carboxylic acids is 1. The highest BCUT2D eigenvalue weighted by molar-refractivity contribution is 9.10. The van der Waals surface area contributed by atoms with Crippen LogP contribution in [0.15, 0.2) is 27.6 Å². The largest absolute Gasteiger partial charge is 0.347 e. The van der Waals surface area contributed by atoms with Gasteiger partial charge in [-0.1, -0.05) is 13.3 Å². The molecule has 0 aromatic heterocycles. The molecular weight excluding hydrogens is 366 g/mol. The molecule has 0 aliphatic heterocycles. The van der Waals surface area contributed by atoms with Crippen LogP contribution in [-0.2, 0) is 9.05 Å². The Morgan fingerprint density at radius 3 is 2.50 bits per heavy atom. The van der Waals surface area contributed by atoms with Gasteiger partial charge in [0.2, 0.25) is 0 Å². The average molecular weight is 383 g/mol. The van der Waals surface area contributed by atoms with Crippen molar-refractivity contribution < 1.29 is 13.2 Å². The van der Waals surface area contributed by atoms with Gasteiger partial charge in [0, 0.05) is 26.3 Å². The van der Waals surface area contributed by atoms with Crippen molar-refractivity contribution in [3.8, 4) is 0 Å². The van der Waals surface area contributed by atoms with E-state index in [9.17, 15) is 13.2 Å². The average Bonchev–Trinajstić information content (AvgIpc) is 2.26. The summed E-state index contributed by atoms with van der Waals surface area (Å²) in [6.07, 6.45) is 1.77. The summed E-state index contributed by atoms with van der Waals surface area (Å²) in [7, 11) is 1.44. The minimum Gasteiger partial charge on any atom is -0.347 e. The molecule has 7 heteroatoms. The van der Waals surface area contributed by atoms with Crippen LogP contribution in [0.5, 0.6) is 0 Å². The maximum absolute atomic E-state index is 12.2. The lowest BCUT2D eigenvalue weighted by molar-refractivity contribution is 0.0909. The van der Waals surface area contributed by atoms with Gasteiger partial charge in [-0.2, -0.15) is 0 Å². The first-order valence-electron chi connectivity index (χ1n) is 6.13. The summed E-state index contributed by atoms with van der Waals surface area (Å²) < 4.78 is 23.2. The van der Waals surface area contributed by atoms with Gasteiger partial charge in [-0.15, -0.1) is 0 Å². The van der Waals surface area contributed by atoms with E-state index in [1.54, 1.807) is 6.07 Å². The van der Waals surface area contributed by atoms with E-state index in [2.05, 4.69) is 21.2 Å². The van der Waals surface area contributed by atoms with Gasteiger partial charge < -0.3 is 5.32 Å². The Balaban J connectivity index is 3.07. The molecule has 112 valence electrons. The Bertz CT molecular complexity index is 614. The molecule has 0 aliphatic carbocycles. The van der Waals surface area contributed by atoms with E-state index in [0.29, 0.717) is 4.47 Å². The van der Waals surface area contributed by atoms with Crippen molar-refractivity contribution in [3.63, 3.8) is 0 Å². The van der Waals surface area contributed by atoms with Crippen molar-refractivity contribution >= 4 is 41.6 Å². The fourth-order valence-electron chi connectivity index (χ4n) is 1.90. The Morgan fingerprint density at radius 2 is 2.00 bits per heavy atom. The first-order valence-corrected chi connectivity index (χ1v) is 9.24. The molecule has 0 unspecified atom stereocenters. The number of hydrogen-bond acceptors (Lipinski definition) is 3. The summed E-state index contributed by atoms with van der Waals surface area (Å²) >= 11 is 3.11. The smallest absolute Gasteiger partial charge is 0.262 e. The zero-order valence-electron chi connectivity index (χ0n) is 11.5. The van der Waals surface area contributed by atoms with Crippen LogP contribution in [0.4, 0.5) is 0 Å². The minimum atomic E-state index is -3.90. The van der Waals surface area contributed by atoms with E-state index in [1.165, 1.54) is 12.1 Å². The molecule has 0 saturated heterocycles. The molecule has 0 spiro atoms. The Kier molecular flexibility index (Phi) is 5.63. The molecule has 1 rings (SSSR count). The summed E-state index contributed by atoms with van der Waals surface area (Å²) in [6, 6.07) is 4.31. The van der Waals surface area contributed by atoms with Crippen LogP contribution < -0.4 is 5.32 Å². The summed E-state index contributed by atoms with van der Waals surface area (Å²) in [6.45, 7) is 5.88. The van der Waals surface area contributed by atoms with Crippen LogP contribution in [0.25, 0.3) is 0 Å². The van der Waals surface area contributed by atoms with Gasteiger partial charge in [0.05, 0.1) is 4.90 Å². The van der Waals surface area contributed by atoms with Gasteiger partial charge >= 0.3 is 0 Å². The number of rotatable bonds is 5. The molecule has 1 aromatic rings. The minimum absolute atomic E-state index is 0.111. The van der Waals surface area contributed by atoms with Crippen LogP contribution >= 0.6 is 26.6 Å². The third-order valence-corrected chi connectivity index (χ3v) is 5.10. The lowest BCUT2D eigenvalue weighted by Crippen LogP contribution is -2.43. The van der Waals surface area contributed by atoms with E-state index >= 15 is 0 Å². The maximum Gasteiger partial charge on any atom is 0.262 e. The normalized spacial score (nSPS) is 12.2. The van der Waals surface area contributed by atoms with Crippen molar-refractivity contribution in [1.29, 1.82) is 0 Å². The zero-order chi connectivity index (χ0) is 15.6. The summed E-state index contributed by atoms with van der Waals surface area (Å²) in [5, 5.41) is 2.88. The first kappa shape index (κ1) is 17.5. The van der Waals surface area contributed by atoms with Gasteiger partial charge in [-0.3, -0.25) is 4.79 Å². The van der Waals surface area contributed by atoms with E-state index < -0.39 is 9.05 Å². The Labute approximate surface area is 132 Å². The van der Waals surface area contributed by atoms with Crippen molar-refractivity contribution in [3.05, 3.63) is 28.2 Å². The van der Waals surface area contributed by atoms with Crippen molar-refractivity contribution in [1.82, 2.24) is 5.32 Å². The van der Waals surface area contributed by atoms with E-state index in [0.717, 1.165) is 12.8 Å². The summed E-state index contributed by atoms with van der Waals surface area (Å²) in [4.78, 5) is 12.1. The molecule has 4 nitrogen and oxygen atoms in total. The predicted molar refractivity (Wildman–Crippen MR) is 83.6 cm³/mol. The highest BCUT2D eigenvalue weighted by atomic mass is 79.9. The number of carbonyl (C=O) groups is 1. The molecule has 0 saturated carbocycles.